The Morgan fingerprint density at radius 3 is 2.38 bits per heavy atom. The van der Waals surface area contributed by atoms with E-state index in [9.17, 15) is 9.90 Å². The van der Waals surface area contributed by atoms with Crippen molar-refractivity contribution in [2.24, 2.45) is 5.92 Å². The zero-order chi connectivity index (χ0) is 20.4. The van der Waals surface area contributed by atoms with Gasteiger partial charge in [0.15, 0.2) is 0 Å². The average Bonchev–Trinajstić information content (AvgIpc) is 3.56. The number of likely N-dealkylation sites (tertiary alicyclic amines) is 2. The number of carbonyl (C=O) groups excluding carboxylic acids is 1. The molecule has 29 heavy (non-hydrogen) atoms. The van der Waals surface area contributed by atoms with Crippen LogP contribution in [0.4, 0.5) is 0 Å². The van der Waals surface area contributed by atoms with Gasteiger partial charge in [0.1, 0.15) is 0 Å². The normalized spacial score (nSPS) is 24.7. The molecule has 2 saturated heterocycles. The monoisotopic (exact) mass is 400 g/mol. The molecule has 1 aliphatic carbocycles. The first-order valence-corrected chi connectivity index (χ1v) is 11.4. The molecule has 0 radical (unpaired) electrons. The van der Waals surface area contributed by atoms with Gasteiger partial charge in [-0.3, -0.25) is 9.69 Å². The minimum absolute atomic E-state index is 0.107. The Kier molecular flexibility index (Phi) is 6.28. The molecule has 1 aromatic carbocycles. The van der Waals surface area contributed by atoms with Gasteiger partial charge in [0.2, 0.25) is 0 Å². The van der Waals surface area contributed by atoms with E-state index in [2.05, 4.69) is 4.90 Å². The Labute approximate surface area is 175 Å². The van der Waals surface area contributed by atoms with Gasteiger partial charge in [-0.15, -0.1) is 0 Å². The summed E-state index contributed by atoms with van der Waals surface area (Å²) in [6.07, 6.45) is 7.61. The lowest BCUT2D eigenvalue weighted by molar-refractivity contribution is -0.0244. The summed E-state index contributed by atoms with van der Waals surface area (Å²) < 4.78 is 6.15. The van der Waals surface area contributed by atoms with Crippen LogP contribution in [0.3, 0.4) is 0 Å². The van der Waals surface area contributed by atoms with Crippen molar-refractivity contribution in [3.05, 3.63) is 35.4 Å². The van der Waals surface area contributed by atoms with Crippen LogP contribution >= 0.6 is 0 Å². The van der Waals surface area contributed by atoms with Crippen molar-refractivity contribution in [2.45, 2.75) is 70.1 Å². The summed E-state index contributed by atoms with van der Waals surface area (Å²) in [5.74, 6) is 0.937. The number of nitrogens with zero attached hydrogens (tertiary/aromatic N) is 2. The summed E-state index contributed by atoms with van der Waals surface area (Å²) in [6.45, 7) is 8.34. The van der Waals surface area contributed by atoms with E-state index in [1.807, 2.05) is 29.2 Å². The predicted octanol–water partition coefficient (Wildman–Crippen LogP) is 3.41. The summed E-state index contributed by atoms with van der Waals surface area (Å²) in [4.78, 5) is 17.5. The summed E-state index contributed by atoms with van der Waals surface area (Å²) in [7, 11) is 0. The topological polar surface area (TPSA) is 53.0 Å². The largest absolute Gasteiger partial charge is 0.386 e. The number of benzene rings is 1. The molecule has 1 N–H and O–H groups in total. The van der Waals surface area contributed by atoms with Crippen LogP contribution in [-0.2, 0) is 10.3 Å². The highest BCUT2D eigenvalue weighted by atomic mass is 16.5. The van der Waals surface area contributed by atoms with Crippen LogP contribution in [0.1, 0.15) is 68.3 Å². The molecule has 1 unspecified atom stereocenters. The van der Waals surface area contributed by atoms with Gasteiger partial charge >= 0.3 is 0 Å². The van der Waals surface area contributed by atoms with Crippen LogP contribution in [0.5, 0.6) is 0 Å². The van der Waals surface area contributed by atoms with Gasteiger partial charge in [-0.1, -0.05) is 12.1 Å². The molecule has 1 saturated carbocycles. The van der Waals surface area contributed by atoms with Gasteiger partial charge in [-0.25, -0.2) is 0 Å². The molecule has 0 spiro atoms. The number of rotatable bonds is 6. The van der Waals surface area contributed by atoms with Gasteiger partial charge in [-0.05, 0) is 82.5 Å². The molecule has 3 aliphatic rings. The maximum Gasteiger partial charge on any atom is 0.253 e. The highest BCUT2D eigenvalue weighted by molar-refractivity contribution is 5.94. The molecule has 160 valence electrons. The van der Waals surface area contributed by atoms with Gasteiger partial charge < -0.3 is 14.7 Å². The Bertz CT molecular complexity index is 685. The van der Waals surface area contributed by atoms with E-state index in [0.29, 0.717) is 17.7 Å². The summed E-state index contributed by atoms with van der Waals surface area (Å²) in [6, 6.07) is 7.97. The molecular weight excluding hydrogens is 364 g/mol. The smallest absolute Gasteiger partial charge is 0.253 e. The van der Waals surface area contributed by atoms with E-state index in [4.69, 9.17) is 4.74 Å². The van der Waals surface area contributed by atoms with Gasteiger partial charge in [-0.2, -0.15) is 0 Å². The number of amides is 1. The third-order valence-corrected chi connectivity index (χ3v) is 6.78. The third-order valence-electron chi connectivity index (χ3n) is 6.78. The number of hydrogen-bond donors (Lipinski definition) is 1. The molecule has 2 heterocycles. The van der Waals surface area contributed by atoms with Crippen LogP contribution in [0.2, 0.25) is 0 Å². The van der Waals surface area contributed by atoms with Crippen LogP contribution < -0.4 is 0 Å². The predicted molar refractivity (Wildman–Crippen MR) is 114 cm³/mol. The van der Waals surface area contributed by atoms with Crippen molar-refractivity contribution in [3.8, 4) is 0 Å². The van der Waals surface area contributed by atoms with E-state index in [1.165, 1.54) is 32.2 Å². The fourth-order valence-electron chi connectivity index (χ4n) is 4.63. The molecule has 0 aromatic heterocycles. The van der Waals surface area contributed by atoms with Crippen molar-refractivity contribution >= 4 is 5.91 Å². The lowest BCUT2D eigenvalue weighted by atomic mass is 9.96. The van der Waals surface area contributed by atoms with E-state index in [1.54, 1.807) is 13.8 Å². The van der Waals surface area contributed by atoms with Gasteiger partial charge in [0.05, 0.1) is 11.7 Å². The van der Waals surface area contributed by atoms with E-state index in [-0.39, 0.29) is 5.91 Å². The number of piperidine rings is 2. The van der Waals surface area contributed by atoms with Gasteiger partial charge in [0.25, 0.3) is 5.91 Å². The molecular formula is C24H36N2O3. The lowest BCUT2D eigenvalue weighted by Gasteiger charge is -2.42. The Morgan fingerprint density at radius 1 is 1.07 bits per heavy atom. The van der Waals surface area contributed by atoms with Gasteiger partial charge in [0, 0.05) is 37.8 Å². The minimum atomic E-state index is -0.880. The second kappa shape index (κ2) is 8.75. The third kappa shape index (κ3) is 5.39. The molecule has 1 aromatic rings. The zero-order valence-corrected chi connectivity index (χ0v) is 18.0. The number of aliphatic hydroxyl groups is 1. The van der Waals surface area contributed by atoms with Crippen LogP contribution in [-0.4, -0.2) is 65.7 Å². The van der Waals surface area contributed by atoms with Crippen molar-refractivity contribution in [3.63, 3.8) is 0 Å². The number of ether oxygens (including phenoxy) is 1. The summed E-state index contributed by atoms with van der Waals surface area (Å²) in [5.41, 5.74) is 0.661. The van der Waals surface area contributed by atoms with E-state index >= 15 is 0 Å². The van der Waals surface area contributed by atoms with E-state index < -0.39 is 5.60 Å². The van der Waals surface area contributed by atoms with Crippen LogP contribution in [0.15, 0.2) is 24.3 Å². The Balaban J connectivity index is 1.26. The molecule has 1 amide bonds. The Morgan fingerprint density at radius 2 is 1.76 bits per heavy atom. The van der Waals surface area contributed by atoms with Crippen molar-refractivity contribution in [1.29, 1.82) is 0 Å². The minimum Gasteiger partial charge on any atom is -0.386 e. The first kappa shape index (κ1) is 20.8. The molecule has 1 atom stereocenters. The molecule has 5 nitrogen and oxygen atoms in total. The molecule has 0 bridgehead atoms. The summed E-state index contributed by atoms with van der Waals surface area (Å²) >= 11 is 0. The van der Waals surface area contributed by atoms with E-state index in [0.717, 1.165) is 50.6 Å². The maximum atomic E-state index is 12.9. The second-order valence-electron chi connectivity index (χ2n) is 9.70. The van der Waals surface area contributed by atoms with Crippen molar-refractivity contribution in [2.75, 3.05) is 32.8 Å². The Hall–Kier alpha value is -1.43. The second-order valence-corrected chi connectivity index (χ2v) is 9.70. The molecule has 4 rings (SSSR count). The molecule has 3 fully saturated rings. The highest BCUT2D eigenvalue weighted by Crippen LogP contribution is 2.30. The molecule has 5 heteroatoms. The SMILES string of the molecule is CC(C)(O)c1ccc(C(=O)N2CCC(N3CCCC(OCC4CC4)C3)CC2)cc1. The summed E-state index contributed by atoms with van der Waals surface area (Å²) in [5, 5.41) is 10.1. The maximum absolute atomic E-state index is 12.9. The average molecular weight is 401 g/mol. The fraction of sp³-hybridized carbons (Fsp3) is 0.708. The fourth-order valence-corrected chi connectivity index (χ4v) is 4.63. The quantitative estimate of drug-likeness (QED) is 0.795. The van der Waals surface area contributed by atoms with Crippen molar-refractivity contribution < 1.29 is 14.6 Å². The van der Waals surface area contributed by atoms with Crippen molar-refractivity contribution in [1.82, 2.24) is 9.80 Å². The van der Waals surface area contributed by atoms with Crippen LogP contribution in [0.25, 0.3) is 0 Å². The number of carbonyl (C=O) groups is 1. The highest BCUT2D eigenvalue weighted by Gasteiger charge is 2.32. The number of hydrogen-bond acceptors (Lipinski definition) is 4. The first-order valence-electron chi connectivity index (χ1n) is 11.4. The zero-order valence-electron chi connectivity index (χ0n) is 18.0. The lowest BCUT2D eigenvalue weighted by Crippen LogP contribution is -2.51. The first-order chi connectivity index (χ1) is 13.9. The molecule has 2 aliphatic heterocycles. The standard InChI is InChI=1S/C24H36N2O3/c1-24(2,28)20-9-7-19(8-10-20)23(27)25-14-11-21(12-15-25)26-13-3-4-22(16-26)29-17-18-5-6-18/h7-10,18,21-22,28H,3-6,11-17H2,1-2H3. The van der Waals surface area contributed by atoms with Crippen LogP contribution in [0, 0.1) is 5.92 Å².